The highest BCUT2D eigenvalue weighted by molar-refractivity contribution is 5.71. The summed E-state index contributed by atoms with van der Waals surface area (Å²) in [5, 5.41) is 9.25. The second kappa shape index (κ2) is 5.88. The van der Waals surface area contributed by atoms with Gasteiger partial charge in [-0.2, -0.15) is 5.26 Å². The molecule has 0 radical (unpaired) electrons. The molecule has 0 aliphatic rings. The molecule has 0 amide bonds. The van der Waals surface area contributed by atoms with Crippen molar-refractivity contribution in [3.63, 3.8) is 0 Å². The third-order valence-corrected chi connectivity index (χ3v) is 3.03. The van der Waals surface area contributed by atoms with Crippen molar-refractivity contribution in [2.24, 2.45) is 0 Å². The lowest BCUT2D eigenvalue weighted by atomic mass is 10.1. The highest BCUT2D eigenvalue weighted by Crippen LogP contribution is 2.30. The number of nitriles is 1. The molecule has 0 heterocycles. The standard InChI is InChI=1S/C17H16N2/c1-3-12-19(16-10-6-4-8-14(16)2)17-11-7-5-9-15(17)13-18/h3-11H,1,12H2,2H3. The summed E-state index contributed by atoms with van der Waals surface area (Å²) >= 11 is 0. The third kappa shape index (κ3) is 2.66. The number of aryl methyl sites for hydroxylation is 1. The van der Waals surface area contributed by atoms with Gasteiger partial charge in [0.2, 0.25) is 0 Å². The maximum Gasteiger partial charge on any atom is 0.101 e. The highest BCUT2D eigenvalue weighted by atomic mass is 15.1. The lowest BCUT2D eigenvalue weighted by molar-refractivity contribution is 1.08. The molecular weight excluding hydrogens is 232 g/mol. The van der Waals surface area contributed by atoms with Crippen molar-refractivity contribution in [2.45, 2.75) is 6.92 Å². The predicted molar refractivity (Wildman–Crippen MR) is 79.5 cm³/mol. The number of anilines is 2. The fraction of sp³-hybridized carbons (Fsp3) is 0.118. The molecule has 0 atom stereocenters. The van der Waals surface area contributed by atoms with Gasteiger partial charge in [-0.15, -0.1) is 6.58 Å². The molecule has 0 aliphatic carbocycles. The van der Waals surface area contributed by atoms with Gasteiger partial charge in [0, 0.05) is 12.2 Å². The van der Waals surface area contributed by atoms with Crippen molar-refractivity contribution in [1.29, 1.82) is 5.26 Å². The van der Waals surface area contributed by atoms with Crippen molar-refractivity contribution in [3.8, 4) is 6.07 Å². The monoisotopic (exact) mass is 248 g/mol. The van der Waals surface area contributed by atoms with Crippen LogP contribution >= 0.6 is 0 Å². The van der Waals surface area contributed by atoms with E-state index in [0.717, 1.165) is 11.4 Å². The number of para-hydroxylation sites is 2. The molecule has 0 aromatic heterocycles. The minimum atomic E-state index is 0.670. The number of hydrogen-bond acceptors (Lipinski definition) is 2. The molecule has 2 aromatic rings. The fourth-order valence-corrected chi connectivity index (χ4v) is 2.13. The maximum absolute atomic E-state index is 9.25. The van der Waals surface area contributed by atoms with Crippen LogP contribution in [0.15, 0.2) is 61.2 Å². The predicted octanol–water partition coefficient (Wildman–Crippen LogP) is 4.19. The Morgan fingerprint density at radius 2 is 1.74 bits per heavy atom. The first-order chi connectivity index (χ1) is 9.27. The van der Waals surface area contributed by atoms with Crippen molar-refractivity contribution in [1.82, 2.24) is 0 Å². The second-order valence-electron chi connectivity index (χ2n) is 4.31. The molecule has 0 unspecified atom stereocenters. The second-order valence-corrected chi connectivity index (χ2v) is 4.31. The Labute approximate surface area is 114 Å². The zero-order chi connectivity index (χ0) is 13.7. The van der Waals surface area contributed by atoms with Gasteiger partial charge in [0.05, 0.1) is 11.3 Å². The van der Waals surface area contributed by atoms with E-state index in [1.54, 1.807) is 0 Å². The largest absolute Gasteiger partial charge is 0.336 e. The van der Waals surface area contributed by atoms with Crippen LogP contribution in [0.5, 0.6) is 0 Å². The molecule has 0 saturated carbocycles. The molecule has 19 heavy (non-hydrogen) atoms. The molecule has 2 nitrogen and oxygen atoms in total. The van der Waals surface area contributed by atoms with Crippen LogP contribution < -0.4 is 4.90 Å². The number of rotatable bonds is 4. The van der Waals surface area contributed by atoms with Gasteiger partial charge in [0.25, 0.3) is 0 Å². The lowest BCUT2D eigenvalue weighted by Gasteiger charge is -2.26. The lowest BCUT2D eigenvalue weighted by Crippen LogP contribution is -2.18. The Hall–Kier alpha value is -2.53. The molecule has 2 heteroatoms. The zero-order valence-corrected chi connectivity index (χ0v) is 11.0. The Morgan fingerprint density at radius 1 is 1.11 bits per heavy atom. The summed E-state index contributed by atoms with van der Waals surface area (Å²) in [7, 11) is 0. The SMILES string of the molecule is C=CCN(c1ccccc1C)c1ccccc1C#N. The van der Waals surface area contributed by atoms with Crippen LogP contribution in [-0.4, -0.2) is 6.54 Å². The Morgan fingerprint density at radius 3 is 2.37 bits per heavy atom. The van der Waals surface area contributed by atoms with E-state index in [0.29, 0.717) is 12.1 Å². The first-order valence-electron chi connectivity index (χ1n) is 6.21. The maximum atomic E-state index is 9.25. The zero-order valence-electron chi connectivity index (χ0n) is 11.0. The van der Waals surface area contributed by atoms with Gasteiger partial charge in [0.1, 0.15) is 6.07 Å². The number of nitrogens with zero attached hydrogens (tertiary/aromatic N) is 2. The Kier molecular flexibility index (Phi) is 4.00. The quantitative estimate of drug-likeness (QED) is 0.758. The van der Waals surface area contributed by atoms with Crippen molar-refractivity contribution in [3.05, 3.63) is 72.3 Å². The van der Waals surface area contributed by atoms with E-state index in [4.69, 9.17) is 0 Å². The van der Waals surface area contributed by atoms with Crippen molar-refractivity contribution >= 4 is 11.4 Å². The molecule has 94 valence electrons. The molecule has 0 saturated heterocycles. The smallest absolute Gasteiger partial charge is 0.101 e. The van der Waals surface area contributed by atoms with Gasteiger partial charge in [-0.05, 0) is 30.7 Å². The fourth-order valence-electron chi connectivity index (χ4n) is 2.13. The van der Waals surface area contributed by atoms with E-state index >= 15 is 0 Å². The van der Waals surface area contributed by atoms with Crippen LogP contribution in [0.4, 0.5) is 11.4 Å². The van der Waals surface area contributed by atoms with Crippen LogP contribution in [0.2, 0.25) is 0 Å². The Bertz CT molecular complexity index is 623. The van der Waals surface area contributed by atoms with Crippen LogP contribution in [0.25, 0.3) is 0 Å². The summed E-state index contributed by atoms with van der Waals surface area (Å²) in [5.74, 6) is 0. The van der Waals surface area contributed by atoms with Gasteiger partial charge in [-0.1, -0.05) is 36.4 Å². The molecule has 0 fully saturated rings. The van der Waals surface area contributed by atoms with Crippen LogP contribution in [0, 0.1) is 18.3 Å². The average molecular weight is 248 g/mol. The van der Waals surface area contributed by atoms with Crippen LogP contribution in [-0.2, 0) is 0 Å². The first kappa shape index (κ1) is 12.9. The van der Waals surface area contributed by atoms with Crippen LogP contribution in [0.3, 0.4) is 0 Å². The van der Waals surface area contributed by atoms with Gasteiger partial charge < -0.3 is 4.90 Å². The normalized spacial score (nSPS) is 9.68. The molecular formula is C17H16N2. The summed E-state index contributed by atoms with van der Waals surface area (Å²) in [6, 6.07) is 18.0. The minimum Gasteiger partial charge on any atom is -0.336 e. The van der Waals surface area contributed by atoms with Crippen LogP contribution in [0.1, 0.15) is 11.1 Å². The summed E-state index contributed by atoms with van der Waals surface area (Å²) in [4.78, 5) is 2.11. The summed E-state index contributed by atoms with van der Waals surface area (Å²) < 4.78 is 0. The topological polar surface area (TPSA) is 27.0 Å². The molecule has 2 rings (SSSR count). The number of benzene rings is 2. The van der Waals surface area contributed by atoms with Crippen molar-refractivity contribution < 1.29 is 0 Å². The van der Waals surface area contributed by atoms with Gasteiger partial charge in [-0.25, -0.2) is 0 Å². The molecule has 0 aliphatic heterocycles. The summed E-state index contributed by atoms with van der Waals surface area (Å²) in [6.45, 7) is 6.55. The minimum absolute atomic E-state index is 0.670. The highest BCUT2D eigenvalue weighted by Gasteiger charge is 2.13. The van der Waals surface area contributed by atoms with E-state index < -0.39 is 0 Å². The number of hydrogen-bond donors (Lipinski definition) is 0. The van der Waals surface area contributed by atoms with Gasteiger partial charge >= 0.3 is 0 Å². The molecule has 0 bridgehead atoms. The summed E-state index contributed by atoms with van der Waals surface area (Å²) in [6.07, 6.45) is 1.85. The molecule has 0 spiro atoms. The van der Waals surface area contributed by atoms with E-state index in [1.807, 2.05) is 42.5 Å². The Balaban J connectivity index is 2.55. The van der Waals surface area contributed by atoms with E-state index in [2.05, 4.69) is 36.6 Å². The molecule has 2 aromatic carbocycles. The average Bonchev–Trinajstić information content (AvgIpc) is 2.46. The third-order valence-electron chi connectivity index (χ3n) is 3.03. The molecule has 0 N–H and O–H groups in total. The summed E-state index contributed by atoms with van der Waals surface area (Å²) in [5.41, 5.74) is 3.87. The van der Waals surface area contributed by atoms with E-state index in [9.17, 15) is 5.26 Å². The van der Waals surface area contributed by atoms with Gasteiger partial charge in [-0.3, -0.25) is 0 Å². The van der Waals surface area contributed by atoms with E-state index in [1.165, 1.54) is 5.56 Å². The van der Waals surface area contributed by atoms with Gasteiger partial charge in [0.15, 0.2) is 0 Å². The van der Waals surface area contributed by atoms with E-state index in [-0.39, 0.29) is 0 Å². The first-order valence-corrected chi connectivity index (χ1v) is 6.21. The van der Waals surface area contributed by atoms with Crippen molar-refractivity contribution in [2.75, 3.05) is 11.4 Å².